The average molecular weight is 580 g/mol. The third-order valence-electron chi connectivity index (χ3n) is 7.49. The normalized spacial score (nSPS) is 19.7. The Bertz CT molecular complexity index is 1630. The maximum Gasteiger partial charge on any atom is 0.255 e. The van der Waals surface area contributed by atoms with Gasteiger partial charge >= 0.3 is 0 Å². The Hall–Kier alpha value is -4.36. The number of nitrogens with zero attached hydrogens (tertiary/aromatic N) is 4. The van der Waals surface area contributed by atoms with Crippen LogP contribution in [-0.4, -0.2) is 72.5 Å². The number of pyridine rings is 1. The molecule has 11 nitrogen and oxygen atoms in total. The monoisotopic (exact) mass is 579 g/mol. The first-order valence-electron chi connectivity index (χ1n) is 13.1. The second-order valence-electron chi connectivity index (χ2n) is 9.99. The van der Waals surface area contributed by atoms with E-state index in [2.05, 4.69) is 10.3 Å². The van der Waals surface area contributed by atoms with Crippen LogP contribution in [-0.2, 0) is 26.2 Å². The van der Waals surface area contributed by atoms with E-state index >= 15 is 0 Å². The molecule has 3 amide bonds. The molecule has 212 valence electrons. The lowest BCUT2D eigenvalue weighted by molar-refractivity contribution is -0.136. The van der Waals surface area contributed by atoms with Crippen molar-refractivity contribution < 1.29 is 31.9 Å². The summed E-state index contributed by atoms with van der Waals surface area (Å²) >= 11 is 0. The van der Waals surface area contributed by atoms with Gasteiger partial charge in [0, 0.05) is 62.0 Å². The van der Waals surface area contributed by atoms with Crippen LogP contribution in [0.1, 0.15) is 28.8 Å². The van der Waals surface area contributed by atoms with Gasteiger partial charge in [-0.15, -0.1) is 0 Å². The zero-order chi connectivity index (χ0) is 28.7. The summed E-state index contributed by atoms with van der Waals surface area (Å²) in [6.45, 7) is 0.910. The van der Waals surface area contributed by atoms with Crippen molar-refractivity contribution in [3.8, 4) is 11.6 Å². The van der Waals surface area contributed by atoms with Crippen LogP contribution in [0.15, 0.2) is 65.7 Å². The molecule has 0 radical (unpaired) electrons. The first-order chi connectivity index (χ1) is 19.7. The van der Waals surface area contributed by atoms with Gasteiger partial charge < -0.3 is 14.5 Å². The standard InChI is InChI=1S/C28H26FN5O6S/c29-18-14-21-22(17-34(28(21)37)23-7-8-25(35)31-27(23)36)24(15-18)32-10-12-33(13-11-32)41(38,39)20-6-9-26(30-16-20)40-19-4-2-1-3-5-19/h1-6,9,14-16,23H,7-8,10-13,17H2,(H,31,35,36). The molecule has 41 heavy (non-hydrogen) atoms. The molecule has 0 spiro atoms. The molecule has 13 heteroatoms. The summed E-state index contributed by atoms with van der Waals surface area (Å²) in [5.74, 6) is -1.15. The number of nitrogens with one attached hydrogen (secondary N) is 1. The maximum absolute atomic E-state index is 14.7. The molecule has 3 aliphatic heterocycles. The lowest BCUT2D eigenvalue weighted by Crippen LogP contribution is -2.52. The van der Waals surface area contributed by atoms with Gasteiger partial charge in [-0.3, -0.25) is 19.7 Å². The number of halogens is 1. The van der Waals surface area contributed by atoms with Crippen LogP contribution in [0.4, 0.5) is 10.1 Å². The van der Waals surface area contributed by atoms with Crippen LogP contribution in [0.25, 0.3) is 0 Å². The van der Waals surface area contributed by atoms with Crippen LogP contribution < -0.4 is 15.0 Å². The predicted octanol–water partition coefficient (Wildman–Crippen LogP) is 2.28. The van der Waals surface area contributed by atoms with Gasteiger partial charge in [-0.25, -0.2) is 17.8 Å². The molecule has 2 fully saturated rings. The van der Waals surface area contributed by atoms with Crippen LogP contribution in [0.3, 0.4) is 0 Å². The Morgan fingerprint density at radius 3 is 2.41 bits per heavy atom. The minimum absolute atomic E-state index is 0.0310. The van der Waals surface area contributed by atoms with E-state index in [4.69, 9.17) is 4.74 Å². The number of amides is 3. The number of rotatable bonds is 6. The summed E-state index contributed by atoms with van der Waals surface area (Å²) in [6.07, 6.45) is 1.58. The second kappa shape index (κ2) is 10.6. The largest absolute Gasteiger partial charge is 0.439 e. The highest BCUT2D eigenvalue weighted by molar-refractivity contribution is 7.89. The number of hydrogen-bond donors (Lipinski definition) is 1. The number of sulfonamides is 1. The smallest absolute Gasteiger partial charge is 0.255 e. The van der Waals surface area contributed by atoms with Gasteiger partial charge in [0.15, 0.2) is 0 Å². The average Bonchev–Trinajstić information content (AvgIpc) is 3.29. The summed E-state index contributed by atoms with van der Waals surface area (Å²) in [7, 11) is -3.84. The molecule has 1 N–H and O–H groups in total. The van der Waals surface area contributed by atoms with Gasteiger partial charge in [-0.1, -0.05) is 18.2 Å². The van der Waals surface area contributed by atoms with Crippen molar-refractivity contribution in [2.24, 2.45) is 0 Å². The van der Waals surface area contributed by atoms with Gasteiger partial charge in [0.25, 0.3) is 5.91 Å². The van der Waals surface area contributed by atoms with E-state index in [1.165, 1.54) is 33.6 Å². The third-order valence-corrected chi connectivity index (χ3v) is 9.37. The quantitative estimate of drug-likeness (QED) is 0.441. The summed E-state index contributed by atoms with van der Waals surface area (Å²) in [6, 6.07) is 13.6. The molecule has 3 aromatic rings. The maximum atomic E-state index is 14.7. The fourth-order valence-corrected chi connectivity index (χ4v) is 6.77. The number of fused-ring (bicyclic) bond motifs is 1. The fourth-order valence-electron chi connectivity index (χ4n) is 5.40. The number of aromatic nitrogens is 1. The van der Waals surface area contributed by atoms with Crippen LogP contribution >= 0.6 is 0 Å². The van der Waals surface area contributed by atoms with Crippen molar-refractivity contribution in [2.45, 2.75) is 30.3 Å². The van der Waals surface area contributed by atoms with Crippen LogP contribution in [0.5, 0.6) is 11.6 Å². The van der Waals surface area contributed by atoms with Gasteiger partial charge in [-0.05, 0) is 36.8 Å². The number of piperazine rings is 1. The summed E-state index contributed by atoms with van der Waals surface area (Å²) in [4.78, 5) is 44.5. The Labute approximate surface area is 235 Å². The van der Waals surface area contributed by atoms with Gasteiger partial charge in [0.1, 0.15) is 22.5 Å². The zero-order valence-corrected chi connectivity index (χ0v) is 22.6. The Balaban J connectivity index is 1.15. The number of carbonyl (C=O) groups excluding carboxylic acids is 3. The van der Waals surface area contributed by atoms with Crippen molar-refractivity contribution in [1.82, 2.24) is 19.5 Å². The zero-order valence-electron chi connectivity index (χ0n) is 21.8. The number of imide groups is 1. The predicted molar refractivity (Wildman–Crippen MR) is 144 cm³/mol. The molecular formula is C28H26FN5O6S. The Kier molecular flexibility index (Phi) is 6.91. The van der Waals surface area contributed by atoms with Crippen molar-refractivity contribution in [2.75, 3.05) is 31.1 Å². The van der Waals surface area contributed by atoms with Crippen LogP contribution in [0.2, 0.25) is 0 Å². The van der Waals surface area contributed by atoms with E-state index in [1.807, 2.05) is 23.1 Å². The van der Waals surface area contributed by atoms with Crippen molar-refractivity contribution in [1.29, 1.82) is 0 Å². The van der Waals surface area contributed by atoms with Gasteiger partial charge in [-0.2, -0.15) is 4.31 Å². The molecule has 3 aliphatic rings. The van der Waals surface area contributed by atoms with Crippen molar-refractivity contribution in [3.63, 3.8) is 0 Å². The van der Waals surface area contributed by atoms with Crippen molar-refractivity contribution in [3.05, 3.63) is 77.7 Å². The van der Waals surface area contributed by atoms with E-state index in [1.54, 1.807) is 12.1 Å². The highest BCUT2D eigenvalue weighted by Gasteiger charge is 2.41. The number of benzene rings is 2. The summed E-state index contributed by atoms with van der Waals surface area (Å²) in [5.41, 5.74) is 1.24. The number of piperidine rings is 1. The lowest BCUT2D eigenvalue weighted by atomic mass is 10.0. The highest BCUT2D eigenvalue weighted by Crippen LogP contribution is 2.36. The molecule has 0 aliphatic carbocycles. The minimum atomic E-state index is -3.84. The second-order valence-corrected chi connectivity index (χ2v) is 11.9. The number of ether oxygens (including phenoxy) is 1. The van der Waals surface area contributed by atoms with E-state index in [0.717, 1.165) is 6.07 Å². The molecule has 1 atom stereocenters. The molecule has 0 bridgehead atoms. The Morgan fingerprint density at radius 1 is 0.976 bits per heavy atom. The van der Waals surface area contributed by atoms with E-state index in [9.17, 15) is 27.2 Å². The minimum Gasteiger partial charge on any atom is -0.439 e. The first-order valence-corrected chi connectivity index (χ1v) is 14.6. The summed E-state index contributed by atoms with van der Waals surface area (Å²) in [5, 5.41) is 2.26. The van der Waals surface area contributed by atoms with E-state index in [0.29, 0.717) is 17.0 Å². The molecule has 2 saturated heterocycles. The van der Waals surface area contributed by atoms with E-state index < -0.39 is 33.7 Å². The van der Waals surface area contributed by atoms with Crippen LogP contribution in [0, 0.1) is 5.82 Å². The number of anilines is 1. The first kappa shape index (κ1) is 26.8. The van der Waals surface area contributed by atoms with E-state index in [-0.39, 0.29) is 67.8 Å². The number of para-hydroxylation sites is 1. The molecule has 2 aromatic carbocycles. The SMILES string of the molecule is O=C1CCC(N2Cc3c(cc(F)cc3N3CCN(S(=O)(=O)c4ccc(Oc5ccccc5)nc4)CC3)C2=O)C(=O)N1. The molecular weight excluding hydrogens is 553 g/mol. The van der Waals surface area contributed by atoms with Gasteiger partial charge in [0.2, 0.25) is 27.7 Å². The molecule has 4 heterocycles. The lowest BCUT2D eigenvalue weighted by Gasteiger charge is -2.36. The molecule has 1 unspecified atom stereocenters. The van der Waals surface area contributed by atoms with Gasteiger partial charge in [0.05, 0.1) is 6.20 Å². The molecule has 1 aromatic heterocycles. The number of carbonyl (C=O) groups is 3. The topological polar surface area (TPSA) is 129 Å². The molecule has 6 rings (SSSR count). The highest BCUT2D eigenvalue weighted by atomic mass is 32.2. The fraction of sp³-hybridized carbons (Fsp3) is 0.286. The Morgan fingerprint density at radius 2 is 1.73 bits per heavy atom. The number of hydrogen-bond acceptors (Lipinski definition) is 8. The third kappa shape index (κ3) is 5.13. The van der Waals surface area contributed by atoms with Crippen molar-refractivity contribution >= 4 is 33.4 Å². The molecule has 0 saturated carbocycles. The summed E-state index contributed by atoms with van der Waals surface area (Å²) < 4.78 is 48.3.